The molecule has 0 spiro atoms. The van der Waals surface area contributed by atoms with Gasteiger partial charge in [-0.05, 0) is 59.2 Å². The summed E-state index contributed by atoms with van der Waals surface area (Å²) in [5.41, 5.74) is 0. The maximum absolute atomic E-state index is 3.74. The number of piperidine rings is 1. The van der Waals surface area contributed by atoms with Gasteiger partial charge in [-0.3, -0.25) is 0 Å². The Kier molecular flexibility index (Phi) is 7.96. The van der Waals surface area contributed by atoms with E-state index in [4.69, 9.17) is 0 Å². The summed E-state index contributed by atoms with van der Waals surface area (Å²) in [4.78, 5) is 5.05. The van der Waals surface area contributed by atoms with Crippen molar-refractivity contribution in [2.75, 3.05) is 39.8 Å². The van der Waals surface area contributed by atoms with Gasteiger partial charge in [0, 0.05) is 31.7 Å². The highest BCUT2D eigenvalue weighted by atomic mass is 15.1. The third kappa shape index (κ3) is 5.80. The van der Waals surface area contributed by atoms with Crippen LogP contribution in [0, 0.1) is 5.92 Å². The predicted octanol–water partition coefficient (Wildman–Crippen LogP) is 2.43. The standard InChI is InChI=1S/C16H35N3/c1-6-14(3)18(5)12-10-17-15(4)16-9-8-11-19(7-2)13-16/h14-17H,6-13H2,1-5H3. The zero-order valence-electron chi connectivity index (χ0n) is 13.8. The largest absolute Gasteiger partial charge is 0.313 e. The highest BCUT2D eigenvalue weighted by molar-refractivity contribution is 4.80. The summed E-state index contributed by atoms with van der Waals surface area (Å²) in [6.45, 7) is 15.3. The molecule has 3 atom stereocenters. The van der Waals surface area contributed by atoms with Crippen molar-refractivity contribution >= 4 is 0 Å². The van der Waals surface area contributed by atoms with Gasteiger partial charge >= 0.3 is 0 Å². The fourth-order valence-corrected chi connectivity index (χ4v) is 2.95. The lowest BCUT2D eigenvalue weighted by molar-refractivity contribution is 0.154. The van der Waals surface area contributed by atoms with Crippen LogP contribution in [0.4, 0.5) is 0 Å². The van der Waals surface area contributed by atoms with Crippen LogP contribution in [0.5, 0.6) is 0 Å². The van der Waals surface area contributed by atoms with Crippen molar-refractivity contribution in [1.82, 2.24) is 15.1 Å². The van der Waals surface area contributed by atoms with Crippen LogP contribution in [0.2, 0.25) is 0 Å². The highest BCUT2D eigenvalue weighted by Gasteiger charge is 2.23. The third-order valence-electron chi connectivity index (χ3n) is 4.97. The van der Waals surface area contributed by atoms with Gasteiger partial charge in [-0.15, -0.1) is 0 Å². The number of nitrogens with one attached hydrogen (secondary N) is 1. The smallest absolute Gasteiger partial charge is 0.0107 e. The van der Waals surface area contributed by atoms with Crippen LogP contribution in [0.25, 0.3) is 0 Å². The van der Waals surface area contributed by atoms with Crippen molar-refractivity contribution in [3.8, 4) is 0 Å². The first-order chi connectivity index (χ1) is 9.08. The second kappa shape index (κ2) is 8.93. The molecule has 0 saturated carbocycles. The minimum absolute atomic E-state index is 0.652. The van der Waals surface area contributed by atoms with Crippen molar-refractivity contribution in [1.29, 1.82) is 0 Å². The second-order valence-corrected chi connectivity index (χ2v) is 6.28. The molecule has 3 unspecified atom stereocenters. The zero-order chi connectivity index (χ0) is 14.3. The Hall–Kier alpha value is -0.120. The topological polar surface area (TPSA) is 18.5 Å². The minimum Gasteiger partial charge on any atom is -0.313 e. The molecule has 0 aliphatic carbocycles. The van der Waals surface area contributed by atoms with E-state index in [-0.39, 0.29) is 0 Å². The van der Waals surface area contributed by atoms with Crippen LogP contribution in [-0.4, -0.2) is 61.7 Å². The van der Waals surface area contributed by atoms with E-state index in [1.54, 1.807) is 0 Å². The van der Waals surface area contributed by atoms with Crippen LogP contribution >= 0.6 is 0 Å². The van der Waals surface area contributed by atoms with E-state index in [1.165, 1.54) is 38.9 Å². The summed E-state index contributed by atoms with van der Waals surface area (Å²) in [6.07, 6.45) is 4.00. The Morgan fingerprint density at radius 1 is 1.32 bits per heavy atom. The molecule has 0 bridgehead atoms. The summed E-state index contributed by atoms with van der Waals surface area (Å²) in [7, 11) is 2.24. The molecule has 1 aliphatic heterocycles. The van der Waals surface area contributed by atoms with Crippen LogP contribution < -0.4 is 5.32 Å². The number of hydrogen-bond acceptors (Lipinski definition) is 3. The third-order valence-corrected chi connectivity index (χ3v) is 4.97. The van der Waals surface area contributed by atoms with Gasteiger partial charge in [0.15, 0.2) is 0 Å². The zero-order valence-corrected chi connectivity index (χ0v) is 13.8. The van der Waals surface area contributed by atoms with Gasteiger partial charge in [-0.25, -0.2) is 0 Å². The van der Waals surface area contributed by atoms with Crippen LogP contribution in [0.1, 0.15) is 47.0 Å². The lowest BCUT2D eigenvalue weighted by atomic mass is 9.91. The van der Waals surface area contributed by atoms with E-state index in [2.05, 4.69) is 49.9 Å². The summed E-state index contributed by atoms with van der Waals surface area (Å²) in [5.74, 6) is 0.836. The summed E-state index contributed by atoms with van der Waals surface area (Å²) in [6, 6.07) is 1.35. The van der Waals surface area contributed by atoms with E-state index >= 15 is 0 Å². The van der Waals surface area contributed by atoms with E-state index < -0.39 is 0 Å². The summed E-state index contributed by atoms with van der Waals surface area (Å²) in [5, 5.41) is 3.74. The number of likely N-dealkylation sites (tertiary alicyclic amines) is 1. The predicted molar refractivity (Wildman–Crippen MR) is 84.7 cm³/mol. The molecule has 114 valence electrons. The summed E-state index contributed by atoms with van der Waals surface area (Å²) >= 11 is 0. The molecule has 0 amide bonds. The molecule has 0 aromatic heterocycles. The van der Waals surface area contributed by atoms with Crippen LogP contribution in [-0.2, 0) is 0 Å². The van der Waals surface area contributed by atoms with Gasteiger partial charge in [-0.2, -0.15) is 0 Å². The average molecular weight is 269 g/mol. The molecule has 0 radical (unpaired) electrons. The normalized spacial score (nSPS) is 24.6. The van der Waals surface area contributed by atoms with Crippen molar-refractivity contribution in [3.63, 3.8) is 0 Å². The Morgan fingerprint density at radius 2 is 2.05 bits per heavy atom. The lowest BCUT2D eigenvalue weighted by Gasteiger charge is -2.36. The molecule has 1 aliphatic rings. The minimum atomic E-state index is 0.652. The monoisotopic (exact) mass is 269 g/mol. The van der Waals surface area contributed by atoms with Gasteiger partial charge in [-0.1, -0.05) is 13.8 Å². The Labute approximate surface area is 120 Å². The maximum Gasteiger partial charge on any atom is 0.0107 e. The first-order valence-electron chi connectivity index (χ1n) is 8.24. The first kappa shape index (κ1) is 16.9. The Bertz CT molecular complexity index is 232. The SMILES string of the molecule is CCC(C)N(C)CCNC(C)C1CCCN(CC)C1. The first-order valence-corrected chi connectivity index (χ1v) is 8.24. The maximum atomic E-state index is 3.74. The van der Waals surface area contributed by atoms with Gasteiger partial charge in [0.05, 0.1) is 0 Å². The van der Waals surface area contributed by atoms with E-state index in [0.29, 0.717) is 12.1 Å². The number of rotatable bonds is 8. The summed E-state index contributed by atoms with van der Waals surface area (Å²) < 4.78 is 0. The molecular formula is C16H35N3. The van der Waals surface area contributed by atoms with Crippen molar-refractivity contribution < 1.29 is 0 Å². The van der Waals surface area contributed by atoms with Crippen LogP contribution in [0.15, 0.2) is 0 Å². The second-order valence-electron chi connectivity index (χ2n) is 6.28. The van der Waals surface area contributed by atoms with Crippen LogP contribution in [0.3, 0.4) is 0 Å². The molecule has 1 rings (SSSR count). The lowest BCUT2D eigenvalue weighted by Crippen LogP contribution is -2.46. The number of hydrogen-bond donors (Lipinski definition) is 1. The molecule has 0 aromatic rings. The van der Waals surface area contributed by atoms with Gasteiger partial charge < -0.3 is 15.1 Å². The van der Waals surface area contributed by atoms with Gasteiger partial charge in [0.1, 0.15) is 0 Å². The number of nitrogens with zero attached hydrogens (tertiary/aromatic N) is 2. The Balaban J connectivity index is 2.21. The van der Waals surface area contributed by atoms with E-state index in [1.807, 2.05) is 0 Å². The van der Waals surface area contributed by atoms with Gasteiger partial charge in [0.25, 0.3) is 0 Å². The fraction of sp³-hybridized carbons (Fsp3) is 1.00. The van der Waals surface area contributed by atoms with E-state index in [9.17, 15) is 0 Å². The molecular weight excluding hydrogens is 234 g/mol. The molecule has 1 fully saturated rings. The molecule has 0 aromatic carbocycles. The highest BCUT2D eigenvalue weighted by Crippen LogP contribution is 2.19. The molecule has 19 heavy (non-hydrogen) atoms. The molecule has 1 heterocycles. The average Bonchev–Trinajstić information content (AvgIpc) is 2.46. The van der Waals surface area contributed by atoms with Gasteiger partial charge in [0.2, 0.25) is 0 Å². The quantitative estimate of drug-likeness (QED) is 0.730. The van der Waals surface area contributed by atoms with Crippen molar-refractivity contribution in [2.24, 2.45) is 5.92 Å². The molecule has 3 nitrogen and oxygen atoms in total. The van der Waals surface area contributed by atoms with Crippen molar-refractivity contribution in [2.45, 2.75) is 59.0 Å². The molecule has 1 N–H and O–H groups in total. The number of likely N-dealkylation sites (N-methyl/N-ethyl adjacent to an activating group) is 1. The molecule has 3 heteroatoms. The molecule has 1 saturated heterocycles. The Morgan fingerprint density at radius 3 is 2.68 bits per heavy atom. The fourth-order valence-electron chi connectivity index (χ4n) is 2.95. The van der Waals surface area contributed by atoms with E-state index in [0.717, 1.165) is 19.0 Å². The van der Waals surface area contributed by atoms with Crippen molar-refractivity contribution in [3.05, 3.63) is 0 Å².